The zero-order chi connectivity index (χ0) is 23.2. The van der Waals surface area contributed by atoms with Gasteiger partial charge in [-0.2, -0.15) is 5.26 Å². The van der Waals surface area contributed by atoms with Crippen LogP contribution in [0.3, 0.4) is 0 Å². The molecule has 33 heavy (non-hydrogen) atoms. The highest BCUT2D eigenvalue weighted by Gasteiger charge is 2.17. The Balaban J connectivity index is 1.67. The maximum absolute atomic E-state index is 12.7. The molecule has 1 aromatic heterocycles. The van der Waals surface area contributed by atoms with Crippen molar-refractivity contribution in [2.45, 2.75) is 11.9 Å². The Morgan fingerprint density at radius 3 is 2.33 bits per heavy atom. The third kappa shape index (κ3) is 5.43. The van der Waals surface area contributed by atoms with Crippen LogP contribution in [0.2, 0.25) is 5.02 Å². The molecule has 0 saturated carbocycles. The minimum atomic E-state index is -0.192. The van der Waals surface area contributed by atoms with Crippen LogP contribution in [0.4, 0.5) is 5.69 Å². The molecule has 0 unspecified atom stereocenters. The SMILES string of the molecule is Cc1ccc(Cl)cc1NC(=O)CSc1nc(-c2ccccc2)cc(-c2ccccc2)c1C#N. The third-order valence-corrected chi connectivity index (χ3v) is 6.28. The van der Waals surface area contributed by atoms with Crippen LogP contribution >= 0.6 is 23.4 Å². The van der Waals surface area contributed by atoms with Crippen molar-refractivity contribution in [2.24, 2.45) is 0 Å². The molecule has 0 radical (unpaired) electrons. The van der Waals surface area contributed by atoms with Gasteiger partial charge in [0.2, 0.25) is 5.91 Å². The average Bonchev–Trinajstić information content (AvgIpc) is 2.85. The van der Waals surface area contributed by atoms with Crippen molar-refractivity contribution >= 4 is 35.0 Å². The molecule has 1 amide bonds. The molecular weight excluding hydrogens is 450 g/mol. The fraction of sp³-hybridized carbons (Fsp3) is 0.0741. The number of nitriles is 1. The quantitative estimate of drug-likeness (QED) is 0.309. The molecule has 0 aliphatic carbocycles. The molecule has 0 saturated heterocycles. The van der Waals surface area contributed by atoms with E-state index in [-0.39, 0.29) is 11.7 Å². The van der Waals surface area contributed by atoms with Gasteiger partial charge in [-0.25, -0.2) is 4.98 Å². The summed E-state index contributed by atoms with van der Waals surface area (Å²) in [5, 5.41) is 13.9. The zero-order valence-corrected chi connectivity index (χ0v) is 19.5. The standard InChI is InChI=1S/C27H20ClN3OS/c1-18-12-13-21(28)14-24(18)30-26(32)17-33-27-23(16-29)22(19-8-4-2-5-9-19)15-25(31-27)20-10-6-3-7-11-20/h2-15H,17H2,1H3,(H,30,32). The Morgan fingerprint density at radius 1 is 1.00 bits per heavy atom. The van der Waals surface area contributed by atoms with Crippen molar-refractivity contribution in [3.05, 3.63) is 101 Å². The molecule has 4 aromatic rings. The molecule has 0 aliphatic rings. The summed E-state index contributed by atoms with van der Waals surface area (Å²) in [6.07, 6.45) is 0. The van der Waals surface area contributed by atoms with Gasteiger partial charge in [-0.15, -0.1) is 0 Å². The number of carbonyl (C=O) groups excluding carboxylic acids is 1. The molecule has 162 valence electrons. The Hall–Kier alpha value is -3.59. The van der Waals surface area contributed by atoms with E-state index in [9.17, 15) is 10.1 Å². The van der Waals surface area contributed by atoms with Crippen molar-refractivity contribution in [1.29, 1.82) is 5.26 Å². The van der Waals surface area contributed by atoms with Gasteiger partial charge in [-0.3, -0.25) is 4.79 Å². The van der Waals surface area contributed by atoms with Crippen LogP contribution in [0.5, 0.6) is 0 Å². The zero-order valence-electron chi connectivity index (χ0n) is 17.9. The lowest BCUT2D eigenvalue weighted by Gasteiger charge is -2.13. The van der Waals surface area contributed by atoms with Crippen molar-refractivity contribution in [2.75, 3.05) is 11.1 Å². The van der Waals surface area contributed by atoms with Crippen LogP contribution in [0.25, 0.3) is 22.4 Å². The normalized spacial score (nSPS) is 10.5. The maximum atomic E-state index is 12.7. The highest BCUT2D eigenvalue weighted by molar-refractivity contribution is 8.00. The van der Waals surface area contributed by atoms with Crippen LogP contribution < -0.4 is 5.32 Å². The van der Waals surface area contributed by atoms with Gasteiger partial charge < -0.3 is 5.32 Å². The largest absolute Gasteiger partial charge is 0.325 e. The first kappa shape index (κ1) is 22.6. The van der Waals surface area contributed by atoms with Crippen LogP contribution in [-0.2, 0) is 4.79 Å². The summed E-state index contributed by atoms with van der Waals surface area (Å²) >= 11 is 7.31. The minimum Gasteiger partial charge on any atom is -0.325 e. The van der Waals surface area contributed by atoms with E-state index in [0.29, 0.717) is 21.3 Å². The first-order chi connectivity index (χ1) is 16.0. The van der Waals surface area contributed by atoms with Crippen molar-refractivity contribution < 1.29 is 4.79 Å². The van der Waals surface area contributed by atoms with Gasteiger partial charge >= 0.3 is 0 Å². The summed E-state index contributed by atoms with van der Waals surface area (Å²) in [5.74, 6) is -0.0810. The van der Waals surface area contributed by atoms with E-state index in [1.54, 1.807) is 12.1 Å². The average molecular weight is 470 g/mol. The molecule has 0 aliphatic heterocycles. The van der Waals surface area contributed by atoms with Gasteiger partial charge in [0, 0.05) is 21.8 Å². The molecule has 0 spiro atoms. The highest BCUT2D eigenvalue weighted by atomic mass is 35.5. The summed E-state index contributed by atoms with van der Waals surface area (Å²) in [4.78, 5) is 17.4. The topological polar surface area (TPSA) is 65.8 Å². The van der Waals surface area contributed by atoms with Crippen LogP contribution in [0, 0.1) is 18.3 Å². The Kier molecular flexibility index (Phi) is 7.09. The van der Waals surface area contributed by atoms with Crippen LogP contribution in [0.15, 0.2) is 90.0 Å². The first-order valence-corrected chi connectivity index (χ1v) is 11.7. The lowest BCUT2D eigenvalue weighted by atomic mass is 9.99. The van der Waals surface area contributed by atoms with Gasteiger partial charge in [-0.05, 0) is 36.2 Å². The van der Waals surface area contributed by atoms with E-state index >= 15 is 0 Å². The summed E-state index contributed by atoms with van der Waals surface area (Å²) < 4.78 is 0. The second kappa shape index (κ2) is 10.4. The number of pyridine rings is 1. The molecule has 3 aromatic carbocycles. The summed E-state index contributed by atoms with van der Waals surface area (Å²) in [6.45, 7) is 1.91. The molecule has 4 rings (SSSR count). The number of halogens is 1. The number of nitrogens with zero attached hydrogens (tertiary/aromatic N) is 2. The molecule has 1 heterocycles. The number of carbonyl (C=O) groups is 1. The summed E-state index contributed by atoms with van der Waals surface area (Å²) in [7, 11) is 0. The molecule has 0 fully saturated rings. The number of nitrogens with one attached hydrogen (secondary N) is 1. The number of aryl methyl sites for hydroxylation is 1. The molecule has 4 nitrogen and oxygen atoms in total. The number of aromatic nitrogens is 1. The third-order valence-electron chi connectivity index (χ3n) is 5.07. The number of benzene rings is 3. The summed E-state index contributed by atoms with van der Waals surface area (Å²) in [6, 6.07) is 29.1. The van der Waals surface area contributed by atoms with Crippen molar-refractivity contribution in [3.8, 4) is 28.5 Å². The number of amides is 1. The van der Waals surface area contributed by atoms with E-state index in [0.717, 1.165) is 27.9 Å². The van der Waals surface area contributed by atoms with E-state index in [1.807, 2.05) is 79.7 Å². The predicted molar refractivity (Wildman–Crippen MR) is 135 cm³/mol. The highest BCUT2D eigenvalue weighted by Crippen LogP contribution is 2.34. The lowest BCUT2D eigenvalue weighted by molar-refractivity contribution is -0.113. The smallest absolute Gasteiger partial charge is 0.234 e. The Morgan fingerprint density at radius 2 is 1.67 bits per heavy atom. The Labute approximate surface area is 202 Å². The van der Waals surface area contributed by atoms with Crippen molar-refractivity contribution in [1.82, 2.24) is 4.98 Å². The van der Waals surface area contributed by atoms with Gasteiger partial charge in [-0.1, -0.05) is 90.1 Å². The number of hydrogen-bond donors (Lipinski definition) is 1. The van der Waals surface area contributed by atoms with Gasteiger partial charge in [0.25, 0.3) is 0 Å². The number of hydrogen-bond acceptors (Lipinski definition) is 4. The molecular formula is C27H20ClN3OS. The van der Waals surface area contributed by atoms with Gasteiger partial charge in [0.1, 0.15) is 11.1 Å². The van der Waals surface area contributed by atoms with Crippen molar-refractivity contribution in [3.63, 3.8) is 0 Å². The van der Waals surface area contributed by atoms with E-state index < -0.39 is 0 Å². The minimum absolute atomic E-state index is 0.111. The molecule has 0 bridgehead atoms. The lowest BCUT2D eigenvalue weighted by Crippen LogP contribution is -2.15. The van der Waals surface area contributed by atoms with Crippen LogP contribution in [-0.4, -0.2) is 16.6 Å². The Bertz CT molecular complexity index is 1340. The van der Waals surface area contributed by atoms with Gasteiger partial charge in [0.15, 0.2) is 0 Å². The fourth-order valence-corrected chi connectivity index (χ4v) is 4.36. The maximum Gasteiger partial charge on any atom is 0.234 e. The second-order valence-electron chi connectivity index (χ2n) is 7.38. The van der Waals surface area contributed by atoms with E-state index in [1.165, 1.54) is 11.8 Å². The fourth-order valence-electron chi connectivity index (χ4n) is 3.39. The first-order valence-electron chi connectivity index (χ1n) is 10.3. The van der Waals surface area contributed by atoms with E-state index in [4.69, 9.17) is 16.6 Å². The predicted octanol–water partition coefficient (Wildman–Crippen LogP) is 6.98. The molecule has 6 heteroatoms. The summed E-state index contributed by atoms with van der Waals surface area (Å²) in [5.41, 5.74) is 5.46. The number of thioether (sulfide) groups is 1. The van der Waals surface area contributed by atoms with Gasteiger partial charge in [0.05, 0.1) is 17.0 Å². The van der Waals surface area contributed by atoms with E-state index in [2.05, 4.69) is 11.4 Å². The van der Waals surface area contributed by atoms with Crippen LogP contribution in [0.1, 0.15) is 11.1 Å². The monoisotopic (exact) mass is 469 g/mol. The number of rotatable bonds is 6. The molecule has 1 N–H and O–H groups in total. The second-order valence-corrected chi connectivity index (χ2v) is 8.78. The molecule has 0 atom stereocenters. The number of anilines is 1.